The molecule has 0 amide bonds. The van der Waals surface area contributed by atoms with Crippen molar-refractivity contribution in [2.24, 2.45) is 5.92 Å². The van der Waals surface area contributed by atoms with Crippen LogP contribution in [0.5, 0.6) is 11.5 Å². The Bertz CT molecular complexity index is 621. The van der Waals surface area contributed by atoms with Crippen LogP contribution in [0, 0.1) is 5.92 Å². The molecular formula is C21H30O5. The smallest absolute Gasteiger partial charge is 0.311 e. The lowest BCUT2D eigenvalue weighted by atomic mass is 9.96. The van der Waals surface area contributed by atoms with Gasteiger partial charge in [0.05, 0.1) is 13.0 Å². The summed E-state index contributed by atoms with van der Waals surface area (Å²) < 4.78 is 11.5. The molecule has 1 aromatic carbocycles. The van der Waals surface area contributed by atoms with E-state index >= 15 is 0 Å². The van der Waals surface area contributed by atoms with Crippen LogP contribution in [0.3, 0.4) is 0 Å². The van der Waals surface area contributed by atoms with Gasteiger partial charge in [-0.1, -0.05) is 32.8 Å². The average molecular weight is 362 g/mol. The molecule has 144 valence electrons. The van der Waals surface area contributed by atoms with Gasteiger partial charge in [0.15, 0.2) is 0 Å². The van der Waals surface area contributed by atoms with Gasteiger partial charge in [-0.05, 0) is 49.7 Å². The highest BCUT2D eigenvalue weighted by Gasteiger charge is 2.23. The number of carbonyl (C=O) groups is 2. The molecule has 0 saturated heterocycles. The number of carboxylic acid groups (broad SMARTS) is 1. The highest BCUT2D eigenvalue weighted by Crippen LogP contribution is 2.37. The number of hydrogen-bond acceptors (Lipinski definition) is 4. The maximum atomic E-state index is 11.7. The standard InChI is InChI=1S/C21H30O5/c1-15(2)8-11-17-18(25-14-6-4-3-5-7-19(22)23)12-9-16-10-13-20(24)26-21(16)17/h9,12,15H,3-8,10-11,13-14H2,1-2H3,(H,22,23). The van der Waals surface area contributed by atoms with Crippen molar-refractivity contribution < 1.29 is 24.2 Å². The van der Waals surface area contributed by atoms with Gasteiger partial charge in [0, 0.05) is 12.0 Å². The molecule has 1 aliphatic rings. The lowest BCUT2D eigenvalue weighted by Crippen LogP contribution is -2.18. The van der Waals surface area contributed by atoms with Crippen LogP contribution in [-0.4, -0.2) is 23.7 Å². The summed E-state index contributed by atoms with van der Waals surface area (Å²) in [6, 6.07) is 4.00. The lowest BCUT2D eigenvalue weighted by Gasteiger charge is -2.22. The Kier molecular flexibility index (Phi) is 7.95. The second-order valence-corrected chi connectivity index (χ2v) is 7.34. The molecule has 0 radical (unpaired) electrons. The van der Waals surface area contributed by atoms with Crippen LogP contribution >= 0.6 is 0 Å². The zero-order valence-electron chi connectivity index (χ0n) is 15.9. The molecule has 0 aliphatic carbocycles. The summed E-state index contributed by atoms with van der Waals surface area (Å²) in [5, 5.41) is 8.64. The Labute approximate surface area is 155 Å². The highest BCUT2D eigenvalue weighted by atomic mass is 16.5. The number of aliphatic carboxylic acids is 1. The van der Waals surface area contributed by atoms with Crippen LogP contribution in [0.4, 0.5) is 0 Å². The quantitative estimate of drug-likeness (QED) is 0.355. The van der Waals surface area contributed by atoms with Gasteiger partial charge < -0.3 is 14.6 Å². The fraction of sp³-hybridized carbons (Fsp3) is 0.619. The van der Waals surface area contributed by atoms with E-state index in [1.807, 2.05) is 12.1 Å². The fourth-order valence-electron chi connectivity index (χ4n) is 3.10. The molecule has 1 aromatic rings. The maximum absolute atomic E-state index is 11.7. The minimum atomic E-state index is -0.736. The molecule has 5 nitrogen and oxygen atoms in total. The summed E-state index contributed by atoms with van der Waals surface area (Å²) in [7, 11) is 0. The Morgan fingerprint density at radius 1 is 1.19 bits per heavy atom. The van der Waals surface area contributed by atoms with Crippen molar-refractivity contribution in [3.8, 4) is 11.5 Å². The number of hydrogen-bond donors (Lipinski definition) is 1. The number of carbonyl (C=O) groups excluding carboxylic acids is 1. The first-order chi connectivity index (χ1) is 12.5. The average Bonchev–Trinajstić information content (AvgIpc) is 2.59. The molecule has 0 fully saturated rings. The summed E-state index contributed by atoms with van der Waals surface area (Å²) in [4.78, 5) is 22.2. The Morgan fingerprint density at radius 2 is 1.96 bits per heavy atom. The van der Waals surface area contributed by atoms with Gasteiger partial charge in [0.2, 0.25) is 0 Å². The third-order valence-electron chi connectivity index (χ3n) is 4.63. The third kappa shape index (κ3) is 6.36. The van der Waals surface area contributed by atoms with Gasteiger partial charge >= 0.3 is 11.9 Å². The largest absolute Gasteiger partial charge is 0.493 e. The van der Waals surface area contributed by atoms with Crippen LogP contribution in [0.1, 0.15) is 69.9 Å². The van der Waals surface area contributed by atoms with E-state index in [4.69, 9.17) is 14.6 Å². The number of benzene rings is 1. The lowest BCUT2D eigenvalue weighted by molar-refractivity contribution is -0.137. The number of fused-ring (bicyclic) bond motifs is 1. The van der Waals surface area contributed by atoms with Gasteiger partial charge in [0.1, 0.15) is 11.5 Å². The summed E-state index contributed by atoms with van der Waals surface area (Å²) in [6.45, 7) is 4.95. The molecule has 1 N–H and O–H groups in total. The normalized spacial score (nSPS) is 13.4. The first kappa shape index (κ1) is 20.3. The molecule has 0 spiro atoms. The van der Waals surface area contributed by atoms with E-state index in [9.17, 15) is 9.59 Å². The zero-order chi connectivity index (χ0) is 18.9. The molecular weight excluding hydrogens is 332 g/mol. The summed E-state index contributed by atoms with van der Waals surface area (Å²) in [6.07, 6.45) is 6.70. The van der Waals surface area contributed by atoms with Crippen molar-refractivity contribution in [1.29, 1.82) is 0 Å². The Morgan fingerprint density at radius 3 is 2.69 bits per heavy atom. The SMILES string of the molecule is CC(C)CCc1c(OCCCCCCC(=O)O)ccc2c1OC(=O)CC2. The zero-order valence-corrected chi connectivity index (χ0v) is 15.9. The molecule has 0 saturated carbocycles. The van der Waals surface area contributed by atoms with E-state index in [0.717, 1.165) is 55.4 Å². The molecule has 2 rings (SSSR count). The van der Waals surface area contributed by atoms with E-state index in [-0.39, 0.29) is 12.4 Å². The van der Waals surface area contributed by atoms with Gasteiger partial charge in [-0.15, -0.1) is 0 Å². The molecule has 1 aliphatic heterocycles. The van der Waals surface area contributed by atoms with E-state index in [1.54, 1.807) is 0 Å². The predicted octanol–water partition coefficient (Wildman–Crippen LogP) is 4.54. The first-order valence-corrected chi connectivity index (χ1v) is 9.67. The van der Waals surface area contributed by atoms with E-state index in [2.05, 4.69) is 13.8 Å². The first-order valence-electron chi connectivity index (χ1n) is 9.67. The van der Waals surface area contributed by atoms with E-state index in [0.29, 0.717) is 31.1 Å². The van der Waals surface area contributed by atoms with E-state index < -0.39 is 5.97 Å². The number of aryl methyl sites for hydroxylation is 1. The molecule has 5 heteroatoms. The summed E-state index contributed by atoms with van der Waals surface area (Å²) in [5.74, 6) is 1.18. The molecule has 0 atom stereocenters. The Hall–Kier alpha value is -2.04. The second-order valence-electron chi connectivity index (χ2n) is 7.34. The maximum Gasteiger partial charge on any atom is 0.311 e. The molecule has 0 aromatic heterocycles. The van der Waals surface area contributed by atoms with Gasteiger partial charge in [0.25, 0.3) is 0 Å². The van der Waals surface area contributed by atoms with Crippen molar-refractivity contribution >= 4 is 11.9 Å². The molecule has 0 unspecified atom stereocenters. The van der Waals surface area contributed by atoms with Crippen LogP contribution in [0.15, 0.2) is 12.1 Å². The van der Waals surface area contributed by atoms with E-state index in [1.165, 1.54) is 0 Å². The predicted molar refractivity (Wildman–Crippen MR) is 99.8 cm³/mol. The molecule has 1 heterocycles. The van der Waals surface area contributed by atoms with Crippen LogP contribution < -0.4 is 9.47 Å². The molecule has 26 heavy (non-hydrogen) atoms. The van der Waals surface area contributed by atoms with Crippen molar-refractivity contribution in [2.45, 2.75) is 71.6 Å². The summed E-state index contributed by atoms with van der Waals surface area (Å²) in [5.41, 5.74) is 2.10. The molecule has 0 bridgehead atoms. The van der Waals surface area contributed by atoms with Gasteiger partial charge in [-0.3, -0.25) is 9.59 Å². The monoisotopic (exact) mass is 362 g/mol. The van der Waals surface area contributed by atoms with Crippen LogP contribution in [0.2, 0.25) is 0 Å². The number of esters is 1. The minimum absolute atomic E-state index is 0.168. The summed E-state index contributed by atoms with van der Waals surface area (Å²) >= 11 is 0. The minimum Gasteiger partial charge on any atom is -0.493 e. The third-order valence-corrected chi connectivity index (χ3v) is 4.63. The fourth-order valence-corrected chi connectivity index (χ4v) is 3.10. The van der Waals surface area contributed by atoms with Crippen molar-refractivity contribution in [3.63, 3.8) is 0 Å². The topological polar surface area (TPSA) is 72.8 Å². The van der Waals surface area contributed by atoms with Crippen LogP contribution in [0.25, 0.3) is 0 Å². The number of unbranched alkanes of at least 4 members (excludes halogenated alkanes) is 3. The highest BCUT2D eigenvalue weighted by molar-refractivity contribution is 5.76. The van der Waals surface area contributed by atoms with Crippen molar-refractivity contribution in [3.05, 3.63) is 23.3 Å². The van der Waals surface area contributed by atoms with Crippen LogP contribution in [-0.2, 0) is 22.4 Å². The second kappa shape index (κ2) is 10.2. The number of rotatable bonds is 11. The van der Waals surface area contributed by atoms with Crippen molar-refractivity contribution in [2.75, 3.05) is 6.61 Å². The van der Waals surface area contributed by atoms with Gasteiger partial charge in [-0.2, -0.15) is 0 Å². The Balaban J connectivity index is 1.94. The number of ether oxygens (including phenoxy) is 2. The number of carboxylic acids is 1. The van der Waals surface area contributed by atoms with Crippen molar-refractivity contribution in [1.82, 2.24) is 0 Å². The van der Waals surface area contributed by atoms with Gasteiger partial charge in [-0.25, -0.2) is 0 Å².